The SMILES string of the molecule is CCC(C)Oc1c(I)cc(C=C2C(=O)N(C)C(=S)N(C)C2=O)cc1OC. The number of benzene rings is 1. The second kappa shape index (κ2) is 8.34. The second-order valence-electron chi connectivity index (χ2n) is 5.94. The van der Waals surface area contributed by atoms with Gasteiger partial charge in [-0.25, -0.2) is 0 Å². The highest BCUT2D eigenvalue weighted by Crippen LogP contribution is 2.36. The van der Waals surface area contributed by atoms with Gasteiger partial charge in [0.1, 0.15) is 5.57 Å². The van der Waals surface area contributed by atoms with E-state index in [2.05, 4.69) is 22.6 Å². The van der Waals surface area contributed by atoms with Gasteiger partial charge in [0.05, 0.1) is 16.8 Å². The molecular weight excluding hydrogens is 467 g/mol. The number of methoxy groups -OCH3 is 1. The quantitative estimate of drug-likeness (QED) is 0.276. The molecule has 2 amide bonds. The molecule has 0 radical (unpaired) electrons. The van der Waals surface area contributed by atoms with Crippen molar-refractivity contribution in [2.45, 2.75) is 26.4 Å². The molecule has 26 heavy (non-hydrogen) atoms. The molecule has 0 aromatic heterocycles. The summed E-state index contributed by atoms with van der Waals surface area (Å²) in [5.74, 6) is 0.359. The van der Waals surface area contributed by atoms with E-state index in [1.807, 2.05) is 19.9 Å². The van der Waals surface area contributed by atoms with Gasteiger partial charge in [0.15, 0.2) is 16.6 Å². The van der Waals surface area contributed by atoms with Gasteiger partial charge in [-0.2, -0.15) is 0 Å². The Hall–Kier alpha value is -1.68. The third-order valence-electron chi connectivity index (χ3n) is 4.10. The maximum Gasteiger partial charge on any atom is 0.265 e. The van der Waals surface area contributed by atoms with E-state index in [0.29, 0.717) is 17.1 Å². The van der Waals surface area contributed by atoms with Gasteiger partial charge < -0.3 is 9.47 Å². The maximum absolute atomic E-state index is 12.5. The van der Waals surface area contributed by atoms with Gasteiger partial charge in [-0.3, -0.25) is 19.4 Å². The van der Waals surface area contributed by atoms with Crippen molar-refractivity contribution < 1.29 is 19.1 Å². The highest BCUT2D eigenvalue weighted by Gasteiger charge is 2.35. The van der Waals surface area contributed by atoms with Crippen molar-refractivity contribution in [3.05, 3.63) is 26.8 Å². The van der Waals surface area contributed by atoms with Crippen LogP contribution in [0.5, 0.6) is 11.5 Å². The monoisotopic (exact) mass is 488 g/mol. The molecule has 1 aromatic rings. The number of likely N-dealkylation sites (N-methyl/N-ethyl adjacent to an activating group) is 2. The summed E-state index contributed by atoms with van der Waals surface area (Å²) in [6.45, 7) is 4.03. The fraction of sp³-hybridized carbons (Fsp3) is 0.389. The summed E-state index contributed by atoms with van der Waals surface area (Å²) in [5.41, 5.74) is 0.728. The molecule has 1 atom stereocenters. The lowest BCUT2D eigenvalue weighted by Gasteiger charge is -2.31. The molecule has 140 valence electrons. The number of nitrogens with zero attached hydrogens (tertiary/aromatic N) is 2. The van der Waals surface area contributed by atoms with Gasteiger partial charge in [0.2, 0.25) is 0 Å². The number of halogens is 1. The molecule has 1 saturated heterocycles. The summed E-state index contributed by atoms with van der Waals surface area (Å²) in [6, 6.07) is 3.60. The van der Waals surface area contributed by atoms with E-state index in [0.717, 1.165) is 9.99 Å². The van der Waals surface area contributed by atoms with E-state index in [-0.39, 0.29) is 16.8 Å². The average molecular weight is 488 g/mol. The van der Waals surface area contributed by atoms with Crippen LogP contribution in [0.25, 0.3) is 6.08 Å². The summed E-state index contributed by atoms with van der Waals surface area (Å²) in [6.07, 6.45) is 2.47. The van der Waals surface area contributed by atoms with Gasteiger partial charge in [0.25, 0.3) is 11.8 Å². The van der Waals surface area contributed by atoms with Crippen molar-refractivity contribution >= 4 is 57.8 Å². The number of thiocarbonyl (C=S) groups is 1. The van der Waals surface area contributed by atoms with Crippen LogP contribution in [0.2, 0.25) is 0 Å². The first-order chi connectivity index (χ1) is 12.2. The van der Waals surface area contributed by atoms with Crippen LogP contribution < -0.4 is 9.47 Å². The van der Waals surface area contributed by atoms with Crippen molar-refractivity contribution in [2.24, 2.45) is 0 Å². The molecule has 0 aliphatic carbocycles. The largest absolute Gasteiger partial charge is 0.493 e. The Labute approximate surface area is 172 Å². The number of carbonyl (C=O) groups excluding carboxylic acids is 2. The Balaban J connectivity index is 2.47. The average Bonchev–Trinajstić information content (AvgIpc) is 2.63. The van der Waals surface area contributed by atoms with Crippen LogP contribution in [0.3, 0.4) is 0 Å². The fourth-order valence-corrected chi connectivity index (χ4v) is 3.28. The molecule has 1 heterocycles. The second-order valence-corrected chi connectivity index (χ2v) is 7.47. The standard InChI is InChI=1S/C18H21IN2O4S/c1-6-10(2)25-15-13(19)8-11(9-14(15)24-5)7-12-16(22)20(3)18(26)21(4)17(12)23/h7-10H,6H2,1-5H3. The topological polar surface area (TPSA) is 59.1 Å². The number of hydrogen-bond acceptors (Lipinski definition) is 5. The number of amides is 2. The van der Waals surface area contributed by atoms with Crippen LogP contribution in [0.1, 0.15) is 25.8 Å². The zero-order valence-corrected chi connectivity index (χ0v) is 18.3. The summed E-state index contributed by atoms with van der Waals surface area (Å²) in [7, 11) is 4.66. The Kier molecular flexibility index (Phi) is 6.62. The molecular formula is C18H21IN2O4S. The van der Waals surface area contributed by atoms with Gasteiger partial charge in [-0.1, -0.05) is 6.92 Å². The van der Waals surface area contributed by atoms with Crippen LogP contribution in [0.4, 0.5) is 0 Å². The van der Waals surface area contributed by atoms with Gasteiger partial charge in [-0.15, -0.1) is 0 Å². The zero-order valence-electron chi connectivity index (χ0n) is 15.3. The number of hydrogen-bond donors (Lipinski definition) is 0. The van der Waals surface area contributed by atoms with E-state index in [1.54, 1.807) is 33.3 Å². The van der Waals surface area contributed by atoms with E-state index in [4.69, 9.17) is 21.7 Å². The number of carbonyl (C=O) groups is 2. The lowest BCUT2D eigenvalue weighted by molar-refractivity contribution is -0.132. The van der Waals surface area contributed by atoms with Crippen LogP contribution >= 0.6 is 34.8 Å². The first-order valence-corrected chi connectivity index (χ1v) is 9.55. The molecule has 0 N–H and O–H groups in total. The molecule has 1 aliphatic rings. The molecule has 0 bridgehead atoms. The normalized spacial score (nSPS) is 16.1. The van der Waals surface area contributed by atoms with Crippen molar-refractivity contribution in [3.63, 3.8) is 0 Å². The molecule has 1 fully saturated rings. The van der Waals surface area contributed by atoms with Gasteiger partial charge in [-0.05, 0) is 71.9 Å². The fourth-order valence-electron chi connectivity index (χ4n) is 2.36. The highest BCUT2D eigenvalue weighted by atomic mass is 127. The van der Waals surface area contributed by atoms with E-state index >= 15 is 0 Å². The third kappa shape index (κ3) is 4.01. The Bertz CT molecular complexity index is 768. The summed E-state index contributed by atoms with van der Waals surface area (Å²) in [4.78, 5) is 27.5. The van der Waals surface area contributed by atoms with Crippen LogP contribution in [-0.4, -0.2) is 54.0 Å². The summed E-state index contributed by atoms with van der Waals surface area (Å²) < 4.78 is 12.2. The molecule has 8 heteroatoms. The van der Waals surface area contributed by atoms with E-state index in [1.165, 1.54) is 9.80 Å². The summed E-state index contributed by atoms with van der Waals surface area (Å²) in [5, 5.41) is 0.182. The Morgan fingerprint density at radius 2 is 1.81 bits per heavy atom. The predicted octanol–water partition coefficient (Wildman–Crippen LogP) is 3.08. The highest BCUT2D eigenvalue weighted by molar-refractivity contribution is 14.1. The maximum atomic E-state index is 12.5. The minimum atomic E-state index is -0.424. The first kappa shape index (κ1) is 20.6. The number of rotatable bonds is 5. The molecule has 1 unspecified atom stereocenters. The van der Waals surface area contributed by atoms with E-state index < -0.39 is 11.8 Å². The molecule has 1 aromatic carbocycles. The minimum Gasteiger partial charge on any atom is -0.493 e. The Morgan fingerprint density at radius 3 is 2.31 bits per heavy atom. The molecule has 0 spiro atoms. The molecule has 6 nitrogen and oxygen atoms in total. The minimum absolute atomic E-state index is 0.0476. The summed E-state index contributed by atoms with van der Waals surface area (Å²) >= 11 is 7.25. The van der Waals surface area contributed by atoms with E-state index in [9.17, 15) is 9.59 Å². The first-order valence-electron chi connectivity index (χ1n) is 8.07. The van der Waals surface area contributed by atoms with Crippen molar-refractivity contribution in [1.29, 1.82) is 0 Å². The Morgan fingerprint density at radius 1 is 1.23 bits per heavy atom. The lowest BCUT2D eigenvalue weighted by Crippen LogP contribution is -2.52. The van der Waals surface area contributed by atoms with Gasteiger partial charge >= 0.3 is 0 Å². The van der Waals surface area contributed by atoms with Crippen molar-refractivity contribution in [2.75, 3.05) is 21.2 Å². The predicted molar refractivity (Wildman–Crippen MR) is 112 cm³/mol. The number of ether oxygens (including phenoxy) is 2. The van der Waals surface area contributed by atoms with Crippen molar-refractivity contribution in [3.8, 4) is 11.5 Å². The lowest BCUT2D eigenvalue weighted by atomic mass is 10.1. The van der Waals surface area contributed by atoms with Crippen LogP contribution in [0.15, 0.2) is 17.7 Å². The zero-order chi connectivity index (χ0) is 19.6. The molecule has 1 aliphatic heterocycles. The molecule has 0 saturated carbocycles. The third-order valence-corrected chi connectivity index (χ3v) is 5.45. The smallest absolute Gasteiger partial charge is 0.265 e. The van der Waals surface area contributed by atoms with Crippen molar-refractivity contribution in [1.82, 2.24) is 9.80 Å². The van der Waals surface area contributed by atoms with Gasteiger partial charge in [0, 0.05) is 14.1 Å². The van der Waals surface area contributed by atoms with Crippen LogP contribution in [-0.2, 0) is 9.59 Å². The molecule has 2 rings (SSSR count). The van der Waals surface area contributed by atoms with Crippen LogP contribution in [0, 0.1) is 3.57 Å².